The number of allylic oxidation sites excluding steroid dienone is 4. The van der Waals surface area contributed by atoms with Crippen LogP contribution in [0.1, 0.15) is 64.9 Å². The molecule has 3 nitrogen and oxygen atoms in total. The highest BCUT2D eigenvalue weighted by Gasteiger charge is 2.57. The average Bonchev–Trinajstić information content (AvgIpc) is 3.06. The van der Waals surface area contributed by atoms with Crippen molar-refractivity contribution < 1.29 is 4.79 Å². The molecule has 1 aromatic heterocycles. The van der Waals surface area contributed by atoms with E-state index >= 15 is 0 Å². The predicted molar refractivity (Wildman–Crippen MR) is 117 cm³/mol. The smallest absolute Gasteiger partial charge is 0.226 e. The highest BCUT2D eigenvalue weighted by Crippen LogP contribution is 2.66. The summed E-state index contributed by atoms with van der Waals surface area (Å²) >= 11 is 6.26. The summed E-state index contributed by atoms with van der Waals surface area (Å²) in [5.41, 5.74) is 4.31. The number of halogens is 1. The topological polar surface area (TPSA) is 33.2 Å². The van der Waals surface area contributed by atoms with E-state index in [-0.39, 0.29) is 10.8 Å². The molecule has 1 aromatic rings. The van der Waals surface area contributed by atoms with Gasteiger partial charge in [-0.3, -0.25) is 9.78 Å². The Bertz CT molecular complexity index is 921. The number of hydrogen-bond donors (Lipinski definition) is 0. The first-order valence-corrected chi connectivity index (χ1v) is 11.6. The van der Waals surface area contributed by atoms with E-state index in [0.29, 0.717) is 35.1 Å². The number of rotatable bonds is 2. The summed E-state index contributed by atoms with van der Waals surface area (Å²) in [5, 5.41) is 0.716. The lowest BCUT2D eigenvalue weighted by Crippen LogP contribution is -2.53. The summed E-state index contributed by atoms with van der Waals surface area (Å²) in [6, 6.07) is 2.08. The van der Waals surface area contributed by atoms with E-state index in [1.807, 2.05) is 6.20 Å². The minimum absolute atomic E-state index is 0.147. The molecule has 2 heterocycles. The number of pyridine rings is 1. The van der Waals surface area contributed by atoms with Crippen molar-refractivity contribution in [3.8, 4) is 0 Å². The first kappa shape index (κ1) is 19.4. The maximum atomic E-state index is 12.5. The van der Waals surface area contributed by atoms with E-state index in [0.717, 1.165) is 25.8 Å². The van der Waals surface area contributed by atoms with Gasteiger partial charge in [-0.2, -0.15) is 0 Å². The first-order valence-electron chi connectivity index (χ1n) is 11.2. The average molecular weight is 411 g/mol. The highest BCUT2D eigenvalue weighted by molar-refractivity contribution is 6.30. The van der Waals surface area contributed by atoms with Crippen LogP contribution in [0.2, 0.25) is 5.02 Å². The van der Waals surface area contributed by atoms with Crippen LogP contribution in [0.4, 0.5) is 0 Å². The number of aromatic nitrogens is 1. The van der Waals surface area contributed by atoms with E-state index in [4.69, 9.17) is 11.6 Å². The maximum Gasteiger partial charge on any atom is 0.226 e. The zero-order valence-electron chi connectivity index (χ0n) is 17.7. The minimum Gasteiger partial charge on any atom is -0.316 e. The lowest BCUT2D eigenvalue weighted by molar-refractivity contribution is -0.136. The number of nitrogens with zero attached hydrogens (tertiary/aromatic N) is 2. The van der Waals surface area contributed by atoms with E-state index in [2.05, 4.69) is 48.9 Å². The Morgan fingerprint density at radius 1 is 1.14 bits per heavy atom. The van der Waals surface area contributed by atoms with Crippen LogP contribution in [0.15, 0.2) is 36.3 Å². The zero-order chi connectivity index (χ0) is 20.4. The number of hydrogen-bond acceptors (Lipinski definition) is 2. The maximum absolute atomic E-state index is 12.5. The van der Waals surface area contributed by atoms with Crippen molar-refractivity contribution in [2.45, 2.75) is 59.3 Å². The molecule has 1 aliphatic heterocycles. The van der Waals surface area contributed by atoms with Crippen molar-refractivity contribution in [2.75, 3.05) is 6.54 Å². The van der Waals surface area contributed by atoms with E-state index in [9.17, 15) is 4.79 Å². The Morgan fingerprint density at radius 3 is 2.72 bits per heavy atom. The quantitative estimate of drug-likeness (QED) is 0.589. The van der Waals surface area contributed by atoms with Gasteiger partial charge in [0, 0.05) is 36.5 Å². The SMILES string of the molecule is CCN1C(=O)CC[C@@]2(C)C1=CC[C@@H]1[C@@H]2CC[C@]2(C)C(c3cncc(Cl)c3)=CC[C@@H]12. The van der Waals surface area contributed by atoms with Crippen molar-refractivity contribution in [3.05, 3.63) is 46.9 Å². The third kappa shape index (κ3) is 2.69. The molecular formula is C25H31ClN2O. The number of amides is 1. The van der Waals surface area contributed by atoms with Gasteiger partial charge in [0.2, 0.25) is 5.91 Å². The van der Waals surface area contributed by atoms with E-state index in [1.54, 1.807) is 6.20 Å². The predicted octanol–water partition coefficient (Wildman–Crippen LogP) is 6.11. The Balaban J connectivity index is 1.49. The molecule has 5 rings (SSSR count). The van der Waals surface area contributed by atoms with Crippen LogP contribution >= 0.6 is 11.6 Å². The van der Waals surface area contributed by atoms with Gasteiger partial charge < -0.3 is 4.90 Å². The number of likely N-dealkylation sites (tertiary alicyclic amines) is 1. The van der Waals surface area contributed by atoms with Crippen LogP contribution in [-0.2, 0) is 4.79 Å². The fourth-order valence-corrected chi connectivity index (χ4v) is 7.54. The number of fused-ring (bicyclic) bond motifs is 5. The molecular weight excluding hydrogens is 380 g/mol. The molecule has 0 aromatic carbocycles. The van der Waals surface area contributed by atoms with E-state index in [1.165, 1.54) is 29.7 Å². The van der Waals surface area contributed by atoms with Gasteiger partial charge in [-0.15, -0.1) is 0 Å². The molecule has 3 aliphatic carbocycles. The summed E-state index contributed by atoms with van der Waals surface area (Å²) in [7, 11) is 0. The highest BCUT2D eigenvalue weighted by atomic mass is 35.5. The van der Waals surface area contributed by atoms with Crippen molar-refractivity contribution in [1.29, 1.82) is 0 Å². The summed E-state index contributed by atoms with van der Waals surface area (Å²) in [6.07, 6.45) is 15.0. The summed E-state index contributed by atoms with van der Waals surface area (Å²) in [4.78, 5) is 18.9. The second-order valence-electron chi connectivity index (χ2n) is 9.96. The van der Waals surface area contributed by atoms with Gasteiger partial charge in [-0.1, -0.05) is 37.6 Å². The summed E-state index contributed by atoms with van der Waals surface area (Å²) in [6.45, 7) is 7.82. The Morgan fingerprint density at radius 2 is 1.97 bits per heavy atom. The number of carbonyl (C=O) groups excluding carboxylic acids is 1. The second kappa shape index (κ2) is 6.70. The molecule has 29 heavy (non-hydrogen) atoms. The summed E-state index contributed by atoms with van der Waals surface area (Å²) < 4.78 is 0. The molecule has 5 atom stereocenters. The lowest BCUT2D eigenvalue weighted by atomic mass is 9.49. The zero-order valence-corrected chi connectivity index (χ0v) is 18.5. The summed E-state index contributed by atoms with van der Waals surface area (Å²) in [5.74, 6) is 2.34. The molecule has 4 heteroatoms. The van der Waals surface area contributed by atoms with Crippen LogP contribution in [0.25, 0.3) is 5.57 Å². The molecule has 1 saturated carbocycles. The molecule has 4 aliphatic rings. The van der Waals surface area contributed by atoms with Crippen molar-refractivity contribution in [1.82, 2.24) is 9.88 Å². The monoisotopic (exact) mass is 410 g/mol. The third-order valence-electron chi connectivity index (χ3n) is 8.79. The molecule has 154 valence electrons. The normalized spacial score (nSPS) is 38.7. The molecule has 0 spiro atoms. The minimum atomic E-state index is 0.147. The number of piperidine rings is 1. The molecule has 1 amide bonds. The van der Waals surface area contributed by atoms with Gasteiger partial charge in [0.1, 0.15) is 0 Å². The van der Waals surface area contributed by atoms with Crippen molar-refractivity contribution in [3.63, 3.8) is 0 Å². The fraction of sp³-hybridized carbons (Fsp3) is 0.600. The third-order valence-corrected chi connectivity index (χ3v) is 8.99. The first-order chi connectivity index (χ1) is 13.9. The van der Waals surface area contributed by atoms with E-state index < -0.39 is 0 Å². The molecule has 0 radical (unpaired) electrons. The van der Waals surface area contributed by atoms with Crippen LogP contribution in [0.5, 0.6) is 0 Å². The van der Waals surface area contributed by atoms with Gasteiger partial charge in [-0.25, -0.2) is 0 Å². The number of carbonyl (C=O) groups is 1. The van der Waals surface area contributed by atoms with Gasteiger partial charge in [-0.05, 0) is 79.4 Å². The Hall–Kier alpha value is -1.61. The van der Waals surface area contributed by atoms with Crippen molar-refractivity contribution in [2.24, 2.45) is 28.6 Å². The Kier molecular flexibility index (Phi) is 4.47. The Labute approximate surface area is 179 Å². The van der Waals surface area contributed by atoms with Crippen LogP contribution in [-0.4, -0.2) is 22.3 Å². The molecule has 2 fully saturated rings. The van der Waals surface area contributed by atoms with Crippen LogP contribution in [0.3, 0.4) is 0 Å². The molecule has 0 N–H and O–H groups in total. The fourth-order valence-electron chi connectivity index (χ4n) is 7.37. The van der Waals surface area contributed by atoms with Gasteiger partial charge in [0.15, 0.2) is 0 Å². The largest absolute Gasteiger partial charge is 0.316 e. The van der Waals surface area contributed by atoms with Gasteiger partial charge in [0.05, 0.1) is 5.02 Å². The van der Waals surface area contributed by atoms with Crippen LogP contribution in [0, 0.1) is 28.6 Å². The second-order valence-corrected chi connectivity index (χ2v) is 10.4. The standard InChI is InChI=1S/C25H31ClN2O/c1-4-28-22-8-5-18-20-7-6-19(16-13-17(26)15-27-14-16)24(20,2)11-9-21(18)25(22,3)12-10-23(28)29/h6,8,13-15,18,20-21H,4-5,7,9-12H2,1-3H3/t18-,20-,21-,24+,25+/m0/s1. The lowest BCUT2D eigenvalue weighted by Gasteiger charge is -2.58. The van der Waals surface area contributed by atoms with Crippen LogP contribution < -0.4 is 0 Å². The molecule has 0 unspecified atom stereocenters. The van der Waals surface area contributed by atoms with Crippen molar-refractivity contribution >= 4 is 23.1 Å². The molecule has 0 bridgehead atoms. The van der Waals surface area contributed by atoms with Gasteiger partial charge >= 0.3 is 0 Å². The molecule has 1 saturated heterocycles. The van der Waals surface area contributed by atoms with Gasteiger partial charge in [0.25, 0.3) is 0 Å².